The van der Waals surface area contributed by atoms with E-state index in [1.54, 1.807) is 43.9 Å². The Morgan fingerprint density at radius 3 is 2.73 bits per heavy atom. The molecule has 3 rings (SSSR count). The number of amides is 2. The number of carbonyl (C=O) groups excluding carboxylic acids is 2. The molecule has 2 aliphatic rings. The lowest BCUT2D eigenvalue weighted by molar-refractivity contribution is -0.117. The largest absolute Gasteiger partial charge is 0.444 e. The van der Waals surface area contributed by atoms with E-state index in [9.17, 15) is 18.0 Å². The van der Waals surface area contributed by atoms with Crippen LogP contribution in [0.25, 0.3) is 0 Å². The van der Waals surface area contributed by atoms with E-state index < -0.39 is 27.4 Å². The third-order valence-electron chi connectivity index (χ3n) is 4.38. The lowest BCUT2D eigenvalue weighted by atomic mass is 10.2. The quantitative estimate of drug-likeness (QED) is 0.716. The van der Waals surface area contributed by atoms with Gasteiger partial charge >= 0.3 is 6.09 Å². The molecule has 2 fully saturated rings. The van der Waals surface area contributed by atoms with Crippen molar-refractivity contribution < 1.29 is 22.7 Å². The SMILES string of the molecule is CC(C)(C)OC(=O)NCCC(=O)N=C1S[C@@H]2CS(=O)(=O)C[C@@H]2N1c1cccc(Cl)c1. The molecule has 0 aromatic heterocycles. The van der Waals surface area contributed by atoms with E-state index in [0.717, 1.165) is 0 Å². The van der Waals surface area contributed by atoms with Gasteiger partial charge in [-0.15, -0.1) is 0 Å². The molecule has 8 nitrogen and oxygen atoms in total. The molecule has 2 heterocycles. The Morgan fingerprint density at radius 1 is 1.33 bits per heavy atom. The van der Waals surface area contributed by atoms with E-state index in [0.29, 0.717) is 15.9 Å². The lowest BCUT2D eigenvalue weighted by Crippen LogP contribution is -2.37. The number of anilines is 1. The number of amidine groups is 1. The van der Waals surface area contributed by atoms with Crippen LogP contribution in [0.5, 0.6) is 0 Å². The minimum Gasteiger partial charge on any atom is -0.444 e. The van der Waals surface area contributed by atoms with Crippen LogP contribution in [0.15, 0.2) is 29.3 Å². The molecule has 30 heavy (non-hydrogen) atoms. The van der Waals surface area contributed by atoms with E-state index in [4.69, 9.17) is 16.3 Å². The van der Waals surface area contributed by atoms with Gasteiger partial charge in [0.15, 0.2) is 15.0 Å². The number of benzene rings is 1. The molecule has 1 aromatic rings. The molecule has 0 spiro atoms. The van der Waals surface area contributed by atoms with Crippen LogP contribution >= 0.6 is 23.4 Å². The zero-order chi connectivity index (χ0) is 22.1. The number of hydrogen-bond donors (Lipinski definition) is 1. The van der Waals surface area contributed by atoms with Crippen LogP contribution in [0, 0.1) is 0 Å². The molecule has 0 unspecified atom stereocenters. The number of thioether (sulfide) groups is 1. The van der Waals surface area contributed by atoms with E-state index in [1.165, 1.54) is 11.8 Å². The highest BCUT2D eigenvalue weighted by molar-refractivity contribution is 8.16. The van der Waals surface area contributed by atoms with E-state index in [-0.39, 0.29) is 35.8 Å². The van der Waals surface area contributed by atoms with Crippen molar-refractivity contribution in [1.29, 1.82) is 0 Å². The number of nitrogens with zero attached hydrogens (tertiary/aromatic N) is 2. The van der Waals surface area contributed by atoms with E-state index in [2.05, 4.69) is 10.3 Å². The lowest BCUT2D eigenvalue weighted by Gasteiger charge is -2.24. The van der Waals surface area contributed by atoms with Gasteiger partial charge in [-0.1, -0.05) is 29.4 Å². The second kappa shape index (κ2) is 8.76. The predicted octanol–water partition coefficient (Wildman–Crippen LogP) is 2.86. The summed E-state index contributed by atoms with van der Waals surface area (Å²) in [6, 6.07) is 6.72. The van der Waals surface area contributed by atoms with Crippen LogP contribution in [0.4, 0.5) is 10.5 Å². The summed E-state index contributed by atoms with van der Waals surface area (Å²) in [5.41, 5.74) is 0.0720. The Balaban J connectivity index is 1.71. The Bertz CT molecular complexity index is 975. The average Bonchev–Trinajstić information content (AvgIpc) is 3.03. The van der Waals surface area contributed by atoms with Gasteiger partial charge in [0.1, 0.15) is 5.60 Å². The van der Waals surface area contributed by atoms with Gasteiger partial charge in [-0.05, 0) is 39.0 Å². The summed E-state index contributed by atoms with van der Waals surface area (Å²) < 4.78 is 29.3. The molecule has 2 atom stereocenters. The predicted molar refractivity (Wildman–Crippen MR) is 119 cm³/mol. The average molecular weight is 474 g/mol. The molecule has 0 radical (unpaired) electrons. The van der Waals surface area contributed by atoms with Crippen molar-refractivity contribution in [1.82, 2.24) is 5.32 Å². The van der Waals surface area contributed by atoms with Crippen molar-refractivity contribution >= 4 is 56.1 Å². The van der Waals surface area contributed by atoms with Crippen molar-refractivity contribution in [3.63, 3.8) is 0 Å². The molecule has 2 saturated heterocycles. The van der Waals surface area contributed by atoms with Crippen LogP contribution in [0.1, 0.15) is 27.2 Å². The van der Waals surface area contributed by atoms with Crippen molar-refractivity contribution in [3.8, 4) is 0 Å². The zero-order valence-corrected chi connectivity index (χ0v) is 19.3. The zero-order valence-electron chi connectivity index (χ0n) is 16.9. The van der Waals surface area contributed by atoms with Crippen LogP contribution < -0.4 is 10.2 Å². The molecular weight excluding hydrogens is 450 g/mol. The fraction of sp³-hybridized carbons (Fsp3) is 0.526. The molecule has 2 amide bonds. The van der Waals surface area contributed by atoms with Gasteiger partial charge in [0.05, 0.1) is 17.5 Å². The first-order valence-corrected chi connectivity index (χ1v) is 12.5. The molecule has 1 aromatic carbocycles. The highest BCUT2D eigenvalue weighted by Gasteiger charge is 2.49. The normalized spacial score (nSPS) is 24.0. The summed E-state index contributed by atoms with van der Waals surface area (Å²) in [6.45, 7) is 5.35. The van der Waals surface area contributed by atoms with Crippen LogP contribution in [0.2, 0.25) is 5.02 Å². The minimum atomic E-state index is -3.14. The third-order valence-corrected chi connectivity index (χ3v) is 7.83. The molecule has 11 heteroatoms. The summed E-state index contributed by atoms with van der Waals surface area (Å²) >= 11 is 7.40. The van der Waals surface area contributed by atoms with Gasteiger partial charge in [-0.25, -0.2) is 13.2 Å². The molecule has 0 saturated carbocycles. The summed E-state index contributed by atoms with van der Waals surface area (Å²) in [5.74, 6) is -0.361. The fourth-order valence-electron chi connectivity index (χ4n) is 3.24. The monoisotopic (exact) mass is 473 g/mol. The highest BCUT2D eigenvalue weighted by atomic mass is 35.5. The maximum Gasteiger partial charge on any atom is 0.407 e. The number of alkyl carbamates (subject to hydrolysis) is 1. The van der Waals surface area contributed by atoms with Crippen molar-refractivity contribution in [2.45, 2.75) is 44.1 Å². The Kier molecular flexibility index (Phi) is 6.69. The van der Waals surface area contributed by atoms with Gasteiger partial charge in [0.2, 0.25) is 5.91 Å². The van der Waals surface area contributed by atoms with Gasteiger partial charge in [-0.2, -0.15) is 4.99 Å². The van der Waals surface area contributed by atoms with Crippen LogP contribution in [-0.4, -0.2) is 60.5 Å². The summed E-state index contributed by atoms with van der Waals surface area (Å²) in [7, 11) is -3.14. The topological polar surface area (TPSA) is 105 Å². The molecule has 2 aliphatic heterocycles. The first kappa shape index (κ1) is 22.9. The molecule has 0 aliphatic carbocycles. The Hall–Kier alpha value is -1.78. The van der Waals surface area contributed by atoms with Crippen molar-refractivity contribution in [3.05, 3.63) is 29.3 Å². The maximum absolute atomic E-state index is 12.4. The number of hydrogen-bond acceptors (Lipinski definition) is 6. The maximum atomic E-state index is 12.4. The number of halogens is 1. The van der Waals surface area contributed by atoms with Crippen LogP contribution in [-0.2, 0) is 19.4 Å². The number of ether oxygens (including phenoxy) is 1. The number of aliphatic imine (C=N–C) groups is 1. The van der Waals surface area contributed by atoms with Crippen LogP contribution in [0.3, 0.4) is 0 Å². The molecule has 0 bridgehead atoms. The smallest absolute Gasteiger partial charge is 0.407 e. The van der Waals surface area contributed by atoms with Crippen molar-refractivity contribution in [2.24, 2.45) is 4.99 Å². The van der Waals surface area contributed by atoms with Crippen molar-refractivity contribution in [2.75, 3.05) is 23.0 Å². The minimum absolute atomic E-state index is 0.000318. The first-order chi connectivity index (χ1) is 13.9. The number of carbonyl (C=O) groups is 2. The number of rotatable bonds is 4. The molecule has 1 N–H and O–H groups in total. The molecule has 164 valence electrons. The standard InChI is InChI=1S/C19H24ClN3O5S2/c1-19(2,3)28-18(25)21-8-7-16(24)22-17-23(13-6-4-5-12(20)9-13)14-10-30(26,27)11-15(14)29-17/h4-6,9,14-15H,7-8,10-11H2,1-3H3,(H,21,25)/t14-,15+/m0/s1. The summed E-state index contributed by atoms with van der Waals surface area (Å²) in [5, 5.41) is 3.29. The number of fused-ring (bicyclic) bond motifs is 1. The number of nitrogens with one attached hydrogen (secondary N) is 1. The Morgan fingerprint density at radius 2 is 2.07 bits per heavy atom. The summed E-state index contributed by atoms with van der Waals surface area (Å²) in [6.07, 6.45) is -0.598. The van der Waals surface area contributed by atoms with E-state index >= 15 is 0 Å². The number of sulfone groups is 1. The fourth-order valence-corrected chi connectivity index (χ4v) is 7.36. The van der Waals surface area contributed by atoms with Gasteiger partial charge in [0, 0.05) is 28.9 Å². The van der Waals surface area contributed by atoms with Gasteiger partial charge in [0.25, 0.3) is 0 Å². The highest BCUT2D eigenvalue weighted by Crippen LogP contribution is 2.41. The third kappa shape index (κ3) is 5.89. The second-order valence-electron chi connectivity index (χ2n) is 8.12. The van der Waals surface area contributed by atoms with Gasteiger partial charge in [-0.3, -0.25) is 4.79 Å². The second-order valence-corrected chi connectivity index (χ2v) is 11.9. The summed E-state index contributed by atoms with van der Waals surface area (Å²) in [4.78, 5) is 30.1. The Labute approximate surface area is 185 Å². The first-order valence-electron chi connectivity index (χ1n) is 9.44. The molecular formula is C19H24ClN3O5S2. The van der Waals surface area contributed by atoms with Gasteiger partial charge < -0.3 is 15.0 Å². The van der Waals surface area contributed by atoms with E-state index in [1.807, 2.05) is 6.07 Å².